The SMILES string of the molecule is COC(C)(C)CCOc1ccc(NC(=O)C2(c3ccccc3F)CCOCC2)cc1Cl. The van der Waals surface area contributed by atoms with Crippen molar-refractivity contribution in [3.05, 3.63) is 58.9 Å². The van der Waals surface area contributed by atoms with E-state index in [0.29, 0.717) is 61.1 Å². The molecule has 0 saturated carbocycles. The topological polar surface area (TPSA) is 56.8 Å². The second-order valence-electron chi connectivity index (χ2n) is 8.34. The van der Waals surface area contributed by atoms with Crippen LogP contribution in [0.1, 0.15) is 38.7 Å². The molecule has 1 fully saturated rings. The van der Waals surface area contributed by atoms with Gasteiger partial charge in [0.1, 0.15) is 11.6 Å². The third-order valence-electron chi connectivity index (χ3n) is 5.87. The van der Waals surface area contributed by atoms with Crippen molar-refractivity contribution < 1.29 is 23.4 Å². The molecule has 7 heteroatoms. The highest BCUT2D eigenvalue weighted by atomic mass is 35.5. The maximum atomic E-state index is 14.6. The third-order valence-corrected chi connectivity index (χ3v) is 6.17. The van der Waals surface area contributed by atoms with Gasteiger partial charge in [0.2, 0.25) is 5.91 Å². The Morgan fingerprint density at radius 3 is 2.58 bits per heavy atom. The highest BCUT2D eigenvalue weighted by Crippen LogP contribution is 2.38. The molecular weight excluding hydrogens is 421 g/mol. The quantitative estimate of drug-likeness (QED) is 0.589. The fourth-order valence-electron chi connectivity index (χ4n) is 3.64. The molecular formula is C24H29ClFNO4. The Hall–Kier alpha value is -2.15. The minimum atomic E-state index is -0.989. The van der Waals surface area contributed by atoms with Crippen molar-refractivity contribution >= 4 is 23.2 Å². The van der Waals surface area contributed by atoms with E-state index in [1.807, 2.05) is 13.8 Å². The second-order valence-corrected chi connectivity index (χ2v) is 8.74. The van der Waals surface area contributed by atoms with Gasteiger partial charge in [-0.2, -0.15) is 0 Å². The van der Waals surface area contributed by atoms with E-state index in [4.69, 9.17) is 25.8 Å². The van der Waals surface area contributed by atoms with E-state index < -0.39 is 5.41 Å². The molecule has 0 aromatic heterocycles. The second kappa shape index (κ2) is 9.98. The van der Waals surface area contributed by atoms with Crippen molar-refractivity contribution in [2.45, 2.75) is 44.1 Å². The predicted octanol–water partition coefficient (Wildman–Crippen LogP) is 5.36. The number of rotatable bonds is 8. The molecule has 1 amide bonds. The van der Waals surface area contributed by atoms with Crippen molar-refractivity contribution in [1.82, 2.24) is 0 Å². The maximum absolute atomic E-state index is 14.6. The van der Waals surface area contributed by atoms with E-state index >= 15 is 0 Å². The van der Waals surface area contributed by atoms with Gasteiger partial charge in [0.25, 0.3) is 0 Å². The van der Waals surface area contributed by atoms with Crippen molar-refractivity contribution in [1.29, 1.82) is 0 Å². The Morgan fingerprint density at radius 1 is 1.23 bits per heavy atom. The Labute approximate surface area is 187 Å². The zero-order chi connectivity index (χ0) is 22.5. The Balaban J connectivity index is 1.74. The summed E-state index contributed by atoms with van der Waals surface area (Å²) in [6, 6.07) is 11.5. The lowest BCUT2D eigenvalue weighted by molar-refractivity contribution is -0.125. The molecule has 0 bridgehead atoms. The monoisotopic (exact) mass is 449 g/mol. The standard InChI is InChI=1S/C24H29ClFNO4/c1-23(2,29-3)10-15-31-21-9-8-17(16-19(21)25)27-22(28)24(11-13-30-14-12-24)18-6-4-5-7-20(18)26/h4-9,16H,10-15H2,1-3H3,(H,27,28). The molecule has 2 aromatic rings. The zero-order valence-electron chi connectivity index (χ0n) is 18.2. The summed E-state index contributed by atoms with van der Waals surface area (Å²) in [5.74, 6) is -0.130. The van der Waals surface area contributed by atoms with Gasteiger partial charge in [-0.1, -0.05) is 29.8 Å². The van der Waals surface area contributed by atoms with E-state index in [-0.39, 0.29) is 17.3 Å². The van der Waals surface area contributed by atoms with E-state index in [9.17, 15) is 9.18 Å². The number of amides is 1. The average molecular weight is 450 g/mol. The molecule has 1 aliphatic heterocycles. The molecule has 31 heavy (non-hydrogen) atoms. The summed E-state index contributed by atoms with van der Waals surface area (Å²) in [5.41, 5.74) is -0.355. The van der Waals surface area contributed by atoms with Gasteiger partial charge < -0.3 is 19.5 Å². The largest absolute Gasteiger partial charge is 0.492 e. The molecule has 3 rings (SSSR count). The van der Waals surface area contributed by atoms with Crippen molar-refractivity contribution in [2.24, 2.45) is 0 Å². The average Bonchev–Trinajstić information content (AvgIpc) is 2.76. The van der Waals surface area contributed by atoms with Crippen LogP contribution < -0.4 is 10.1 Å². The molecule has 1 saturated heterocycles. The number of halogens is 2. The number of anilines is 1. The number of ether oxygens (including phenoxy) is 3. The van der Waals surface area contributed by atoms with Crippen LogP contribution in [0.3, 0.4) is 0 Å². The highest BCUT2D eigenvalue weighted by molar-refractivity contribution is 6.32. The van der Waals surface area contributed by atoms with E-state index in [1.54, 1.807) is 43.5 Å². The number of carbonyl (C=O) groups is 1. The van der Waals surface area contributed by atoms with Crippen LogP contribution in [0.25, 0.3) is 0 Å². The molecule has 0 spiro atoms. The Bertz CT molecular complexity index is 912. The summed E-state index contributed by atoms with van der Waals surface area (Å²) < 4.78 is 31.2. The molecule has 0 unspecified atom stereocenters. The van der Waals surface area contributed by atoms with E-state index in [0.717, 1.165) is 0 Å². The third kappa shape index (κ3) is 5.56. The smallest absolute Gasteiger partial charge is 0.235 e. The molecule has 1 heterocycles. The summed E-state index contributed by atoms with van der Waals surface area (Å²) in [6.07, 6.45) is 1.51. The van der Waals surface area contributed by atoms with Crippen LogP contribution >= 0.6 is 11.6 Å². The zero-order valence-corrected chi connectivity index (χ0v) is 18.9. The first kappa shape index (κ1) is 23.5. The van der Waals surface area contributed by atoms with Gasteiger partial charge in [0.05, 0.1) is 22.6 Å². The Kier molecular flexibility index (Phi) is 7.57. The van der Waals surface area contributed by atoms with E-state index in [2.05, 4.69) is 5.32 Å². The van der Waals surface area contributed by atoms with Crippen molar-refractivity contribution in [2.75, 3.05) is 32.2 Å². The lowest BCUT2D eigenvalue weighted by Crippen LogP contribution is -2.45. The van der Waals surface area contributed by atoms with Gasteiger partial charge in [-0.25, -0.2) is 4.39 Å². The first-order chi connectivity index (χ1) is 14.8. The molecule has 5 nitrogen and oxygen atoms in total. The number of hydrogen-bond acceptors (Lipinski definition) is 4. The fraction of sp³-hybridized carbons (Fsp3) is 0.458. The minimum absolute atomic E-state index is 0.271. The molecule has 1 N–H and O–H groups in total. The summed E-state index contributed by atoms with van der Waals surface area (Å²) in [4.78, 5) is 13.3. The lowest BCUT2D eigenvalue weighted by Gasteiger charge is -2.36. The van der Waals surface area contributed by atoms with E-state index in [1.165, 1.54) is 6.07 Å². The number of carbonyl (C=O) groups excluding carboxylic acids is 1. The van der Waals surface area contributed by atoms with Crippen LogP contribution in [0, 0.1) is 5.82 Å². The van der Waals surface area contributed by atoms with Gasteiger partial charge in [-0.3, -0.25) is 4.79 Å². The van der Waals surface area contributed by atoms with Crippen LogP contribution in [-0.2, 0) is 19.7 Å². The predicted molar refractivity (Wildman–Crippen MR) is 119 cm³/mol. The highest BCUT2D eigenvalue weighted by Gasteiger charge is 2.43. The minimum Gasteiger partial charge on any atom is -0.492 e. The van der Waals surface area contributed by atoms with Crippen LogP contribution in [0.4, 0.5) is 10.1 Å². The maximum Gasteiger partial charge on any atom is 0.235 e. The van der Waals surface area contributed by atoms with Crippen molar-refractivity contribution in [3.8, 4) is 5.75 Å². The summed E-state index contributed by atoms with van der Waals surface area (Å²) in [6.45, 7) is 5.21. The molecule has 0 atom stereocenters. The first-order valence-corrected chi connectivity index (χ1v) is 10.8. The number of methoxy groups -OCH3 is 1. The lowest BCUT2D eigenvalue weighted by atomic mass is 9.73. The normalized spacial score (nSPS) is 16.0. The van der Waals surface area contributed by atoms with Crippen molar-refractivity contribution in [3.63, 3.8) is 0 Å². The van der Waals surface area contributed by atoms with Gasteiger partial charge in [-0.05, 0) is 51.0 Å². The van der Waals surface area contributed by atoms with Gasteiger partial charge in [-0.15, -0.1) is 0 Å². The Morgan fingerprint density at radius 2 is 1.94 bits per heavy atom. The number of hydrogen-bond donors (Lipinski definition) is 1. The van der Waals surface area contributed by atoms with Crippen LogP contribution in [-0.4, -0.2) is 38.4 Å². The first-order valence-electron chi connectivity index (χ1n) is 10.4. The van der Waals surface area contributed by atoms with Crippen LogP contribution in [0.2, 0.25) is 5.02 Å². The summed E-state index contributed by atoms with van der Waals surface area (Å²) in [7, 11) is 1.66. The molecule has 1 aliphatic rings. The fourth-order valence-corrected chi connectivity index (χ4v) is 3.88. The number of benzene rings is 2. The molecule has 0 radical (unpaired) electrons. The summed E-state index contributed by atoms with van der Waals surface area (Å²) >= 11 is 6.37. The summed E-state index contributed by atoms with van der Waals surface area (Å²) in [5, 5.41) is 3.30. The van der Waals surface area contributed by atoms with Gasteiger partial charge in [0.15, 0.2) is 0 Å². The molecule has 0 aliphatic carbocycles. The molecule has 2 aromatic carbocycles. The number of nitrogens with one attached hydrogen (secondary N) is 1. The van der Waals surface area contributed by atoms with Crippen LogP contribution in [0.15, 0.2) is 42.5 Å². The van der Waals surface area contributed by atoms with Gasteiger partial charge in [0, 0.05) is 38.0 Å². The molecule has 168 valence electrons. The van der Waals surface area contributed by atoms with Crippen LogP contribution in [0.5, 0.6) is 5.75 Å². The van der Waals surface area contributed by atoms with Gasteiger partial charge >= 0.3 is 0 Å².